The van der Waals surface area contributed by atoms with E-state index in [-0.39, 0.29) is 11.9 Å². The molecule has 0 aromatic rings. The summed E-state index contributed by atoms with van der Waals surface area (Å²) in [6.07, 6.45) is 4.97. The van der Waals surface area contributed by atoms with Crippen LogP contribution in [0.25, 0.3) is 0 Å². The van der Waals surface area contributed by atoms with Gasteiger partial charge in [0.05, 0.1) is 0 Å². The lowest BCUT2D eigenvalue weighted by molar-refractivity contribution is -0.123. The van der Waals surface area contributed by atoms with Crippen molar-refractivity contribution in [2.24, 2.45) is 0 Å². The fourth-order valence-corrected chi connectivity index (χ4v) is 1.26. The first-order valence-electron chi connectivity index (χ1n) is 4.40. The minimum absolute atomic E-state index is 0.0449. The molecule has 1 rings (SSSR count). The molecule has 12 heavy (non-hydrogen) atoms. The molecule has 0 saturated carbocycles. The zero-order valence-electron chi connectivity index (χ0n) is 7.71. The van der Waals surface area contributed by atoms with Gasteiger partial charge in [0.2, 0.25) is 5.91 Å². The number of hydrogen-bond acceptors (Lipinski definition) is 2. The predicted molar refractivity (Wildman–Crippen MR) is 48.9 cm³/mol. The molecule has 0 aromatic heterocycles. The van der Waals surface area contributed by atoms with Gasteiger partial charge >= 0.3 is 0 Å². The van der Waals surface area contributed by atoms with E-state index in [2.05, 4.69) is 12.2 Å². The molecule has 0 saturated heterocycles. The van der Waals surface area contributed by atoms with Crippen molar-refractivity contribution in [2.75, 3.05) is 20.1 Å². The molecular formula is C9H16N2O. The smallest absolute Gasteiger partial charge is 0.241 e. The maximum atomic E-state index is 11.4. The Kier molecular flexibility index (Phi) is 3.29. The number of hydrogen-bond donors (Lipinski definition) is 1. The van der Waals surface area contributed by atoms with Gasteiger partial charge in [-0.2, -0.15) is 0 Å². The second kappa shape index (κ2) is 4.26. The normalized spacial score (nSPS) is 23.0. The quantitative estimate of drug-likeness (QED) is 0.618. The monoisotopic (exact) mass is 168 g/mol. The van der Waals surface area contributed by atoms with Gasteiger partial charge < -0.3 is 5.32 Å². The molecule has 1 atom stereocenters. The lowest BCUT2D eigenvalue weighted by Gasteiger charge is -2.17. The first-order valence-corrected chi connectivity index (χ1v) is 4.40. The highest BCUT2D eigenvalue weighted by Crippen LogP contribution is 2.05. The van der Waals surface area contributed by atoms with E-state index in [4.69, 9.17) is 0 Å². The first kappa shape index (κ1) is 9.26. The maximum Gasteiger partial charge on any atom is 0.241 e. The number of likely N-dealkylation sites (N-methyl/N-ethyl adjacent to an activating group) is 1. The van der Waals surface area contributed by atoms with Crippen molar-refractivity contribution < 1.29 is 4.79 Å². The summed E-state index contributed by atoms with van der Waals surface area (Å²) >= 11 is 0. The van der Waals surface area contributed by atoms with Crippen LogP contribution in [0.15, 0.2) is 12.2 Å². The molecule has 0 aliphatic carbocycles. The Morgan fingerprint density at radius 1 is 1.75 bits per heavy atom. The largest absolute Gasteiger partial charge is 0.354 e. The summed E-state index contributed by atoms with van der Waals surface area (Å²) in [4.78, 5) is 13.4. The van der Waals surface area contributed by atoms with Gasteiger partial charge in [-0.15, -0.1) is 0 Å². The van der Waals surface area contributed by atoms with E-state index in [0.29, 0.717) is 0 Å². The lowest BCUT2D eigenvalue weighted by atomic mass is 10.3. The summed E-state index contributed by atoms with van der Waals surface area (Å²) in [5.74, 6) is 0.119. The number of amides is 1. The van der Waals surface area contributed by atoms with E-state index in [1.165, 1.54) is 0 Å². The molecule has 1 amide bonds. The molecule has 3 nitrogen and oxygen atoms in total. The Bertz CT molecular complexity index is 189. The van der Waals surface area contributed by atoms with E-state index in [0.717, 1.165) is 19.5 Å². The maximum absolute atomic E-state index is 11.4. The van der Waals surface area contributed by atoms with Crippen molar-refractivity contribution in [3.8, 4) is 0 Å². The number of nitrogens with one attached hydrogen (secondary N) is 1. The fraction of sp³-hybridized carbons (Fsp3) is 0.667. The van der Waals surface area contributed by atoms with Gasteiger partial charge in [-0.05, 0) is 13.5 Å². The molecule has 0 bridgehead atoms. The molecule has 0 spiro atoms. The second-order valence-corrected chi connectivity index (χ2v) is 3.10. The molecule has 1 aliphatic heterocycles. The standard InChI is InChI=1S/C9H16N2O/c1-3-6-10-9(12)8-5-4-7-11(8)2/h4-5,8H,3,6-7H2,1-2H3,(H,10,12)/t8-/m0/s1. The number of carbonyl (C=O) groups is 1. The SMILES string of the molecule is CCCNC(=O)[C@@H]1C=CCN1C. The third kappa shape index (κ3) is 2.08. The minimum atomic E-state index is -0.0449. The van der Waals surface area contributed by atoms with Gasteiger partial charge in [0.15, 0.2) is 0 Å². The van der Waals surface area contributed by atoms with E-state index in [1.807, 2.05) is 24.1 Å². The Morgan fingerprint density at radius 2 is 2.50 bits per heavy atom. The first-order chi connectivity index (χ1) is 5.75. The summed E-state index contributed by atoms with van der Waals surface area (Å²) in [5, 5.41) is 2.87. The molecule has 0 fully saturated rings. The van der Waals surface area contributed by atoms with Gasteiger partial charge in [-0.3, -0.25) is 9.69 Å². The van der Waals surface area contributed by atoms with Crippen molar-refractivity contribution in [3.05, 3.63) is 12.2 Å². The van der Waals surface area contributed by atoms with Crippen LogP contribution in [0.2, 0.25) is 0 Å². The van der Waals surface area contributed by atoms with Gasteiger partial charge in [-0.1, -0.05) is 19.1 Å². The van der Waals surface area contributed by atoms with Gasteiger partial charge in [0, 0.05) is 13.1 Å². The van der Waals surface area contributed by atoms with Crippen LogP contribution in [0.5, 0.6) is 0 Å². The highest BCUT2D eigenvalue weighted by Gasteiger charge is 2.22. The molecule has 0 aromatic carbocycles. The average molecular weight is 168 g/mol. The highest BCUT2D eigenvalue weighted by molar-refractivity contribution is 5.84. The molecular weight excluding hydrogens is 152 g/mol. The third-order valence-corrected chi connectivity index (χ3v) is 2.00. The number of nitrogens with zero attached hydrogens (tertiary/aromatic N) is 1. The van der Waals surface area contributed by atoms with Crippen molar-refractivity contribution in [2.45, 2.75) is 19.4 Å². The van der Waals surface area contributed by atoms with Crippen molar-refractivity contribution in [3.63, 3.8) is 0 Å². The summed E-state index contributed by atoms with van der Waals surface area (Å²) in [6.45, 7) is 3.70. The zero-order valence-corrected chi connectivity index (χ0v) is 7.71. The van der Waals surface area contributed by atoms with E-state index in [1.54, 1.807) is 0 Å². The molecule has 0 unspecified atom stereocenters. The Morgan fingerprint density at radius 3 is 3.00 bits per heavy atom. The molecule has 1 aliphatic rings. The van der Waals surface area contributed by atoms with E-state index >= 15 is 0 Å². The Hall–Kier alpha value is -0.830. The van der Waals surface area contributed by atoms with Crippen molar-refractivity contribution in [1.29, 1.82) is 0 Å². The second-order valence-electron chi connectivity index (χ2n) is 3.10. The van der Waals surface area contributed by atoms with Gasteiger partial charge in [0.1, 0.15) is 6.04 Å². The lowest BCUT2D eigenvalue weighted by Crippen LogP contribution is -2.41. The van der Waals surface area contributed by atoms with Crippen molar-refractivity contribution >= 4 is 5.91 Å². The van der Waals surface area contributed by atoms with Crippen LogP contribution in [-0.4, -0.2) is 37.0 Å². The molecule has 1 N–H and O–H groups in total. The Balaban J connectivity index is 2.36. The summed E-state index contributed by atoms with van der Waals surface area (Å²) in [7, 11) is 1.95. The van der Waals surface area contributed by atoms with Crippen molar-refractivity contribution in [1.82, 2.24) is 10.2 Å². The summed E-state index contributed by atoms with van der Waals surface area (Å²) < 4.78 is 0. The highest BCUT2D eigenvalue weighted by atomic mass is 16.2. The van der Waals surface area contributed by atoms with Crippen LogP contribution in [-0.2, 0) is 4.79 Å². The Labute approximate surface area is 73.4 Å². The van der Waals surface area contributed by atoms with Gasteiger partial charge in [0.25, 0.3) is 0 Å². The topological polar surface area (TPSA) is 32.3 Å². The number of carbonyl (C=O) groups excluding carboxylic acids is 1. The predicted octanol–water partition coefficient (Wildman–Crippen LogP) is 0.383. The van der Waals surface area contributed by atoms with Crippen LogP contribution >= 0.6 is 0 Å². The van der Waals surface area contributed by atoms with Crippen LogP contribution in [0.4, 0.5) is 0 Å². The van der Waals surface area contributed by atoms with Gasteiger partial charge in [-0.25, -0.2) is 0 Å². The third-order valence-electron chi connectivity index (χ3n) is 2.00. The molecule has 68 valence electrons. The zero-order chi connectivity index (χ0) is 8.97. The summed E-state index contributed by atoms with van der Waals surface area (Å²) in [6, 6.07) is -0.0449. The number of rotatable bonds is 3. The van der Waals surface area contributed by atoms with Crippen LogP contribution in [0.1, 0.15) is 13.3 Å². The summed E-state index contributed by atoms with van der Waals surface area (Å²) in [5.41, 5.74) is 0. The van der Waals surface area contributed by atoms with Crippen LogP contribution < -0.4 is 5.32 Å². The van der Waals surface area contributed by atoms with Crippen LogP contribution in [0.3, 0.4) is 0 Å². The van der Waals surface area contributed by atoms with E-state index in [9.17, 15) is 4.79 Å². The molecule has 1 heterocycles. The fourth-order valence-electron chi connectivity index (χ4n) is 1.26. The molecule has 0 radical (unpaired) electrons. The van der Waals surface area contributed by atoms with E-state index < -0.39 is 0 Å². The average Bonchev–Trinajstić information content (AvgIpc) is 2.47. The minimum Gasteiger partial charge on any atom is -0.354 e. The van der Waals surface area contributed by atoms with Crippen LogP contribution in [0, 0.1) is 0 Å². The molecule has 3 heteroatoms.